The second-order valence-electron chi connectivity index (χ2n) is 12.3. The molecule has 1 saturated heterocycles. The minimum atomic E-state index is -0.281. The highest BCUT2D eigenvalue weighted by Crippen LogP contribution is 2.31. The first-order chi connectivity index (χ1) is 18.8. The van der Waals surface area contributed by atoms with Gasteiger partial charge in [0.05, 0.1) is 12.1 Å². The highest BCUT2D eigenvalue weighted by molar-refractivity contribution is 6.30. The number of rotatable bonds is 8. The van der Waals surface area contributed by atoms with Crippen LogP contribution in [-0.4, -0.2) is 91.2 Å². The molecule has 8 heteroatoms. The molecule has 7 nitrogen and oxygen atoms in total. The van der Waals surface area contributed by atoms with Gasteiger partial charge in [-0.3, -0.25) is 4.79 Å². The number of halogens is 1. The highest BCUT2D eigenvalue weighted by atomic mass is 35.5. The molecule has 3 amide bonds. The van der Waals surface area contributed by atoms with Gasteiger partial charge in [-0.25, -0.2) is 4.79 Å². The Morgan fingerprint density at radius 1 is 1.03 bits per heavy atom. The van der Waals surface area contributed by atoms with Crippen molar-refractivity contribution >= 4 is 23.5 Å². The number of likely N-dealkylation sites (tertiary alicyclic amines) is 1. The minimum absolute atomic E-state index is 0.118. The van der Waals surface area contributed by atoms with E-state index in [9.17, 15) is 9.59 Å². The van der Waals surface area contributed by atoms with Crippen LogP contribution in [0, 0.1) is 5.92 Å². The molecule has 3 aliphatic rings. The predicted molar refractivity (Wildman–Crippen MR) is 157 cm³/mol. The monoisotopic (exact) mass is 560 g/mol. The number of hydrogen-bond acceptors (Lipinski definition) is 4. The number of methoxy groups -OCH3 is 1. The summed E-state index contributed by atoms with van der Waals surface area (Å²) < 4.78 is 5.56. The third kappa shape index (κ3) is 7.89. The molecule has 1 aliphatic heterocycles. The number of nitrogens with one attached hydrogen (secondary N) is 1. The van der Waals surface area contributed by atoms with Crippen LogP contribution >= 0.6 is 11.6 Å². The van der Waals surface area contributed by atoms with E-state index < -0.39 is 0 Å². The van der Waals surface area contributed by atoms with Crippen LogP contribution in [0.25, 0.3) is 0 Å². The molecule has 0 aromatic heterocycles. The fraction of sp³-hybridized carbons (Fsp3) is 0.742. The van der Waals surface area contributed by atoms with E-state index in [0.29, 0.717) is 42.7 Å². The van der Waals surface area contributed by atoms with Gasteiger partial charge < -0.3 is 24.8 Å². The van der Waals surface area contributed by atoms with Crippen molar-refractivity contribution in [3.63, 3.8) is 0 Å². The maximum absolute atomic E-state index is 14.1. The van der Waals surface area contributed by atoms with Gasteiger partial charge in [0.1, 0.15) is 0 Å². The summed E-state index contributed by atoms with van der Waals surface area (Å²) in [4.78, 5) is 33.4. The Morgan fingerprint density at radius 3 is 2.28 bits per heavy atom. The topological polar surface area (TPSA) is 65.1 Å². The quantitative estimate of drug-likeness (QED) is 0.465. The van der Waals surface area contributed by atoms with E-state index in [2.05, 4.69) is 22.0 Å². The molecule has 1 aromatic carbocycles. The van der Waals surface area contributed by atoms with Crippen molar-refractivity contribution in [1.29, 1.82) is 0 Å². The summed E-state index contributed by atoms with van der Waals surface area (Å²) in [5, 5.41) is 4.45. The third-order valence-electron chi connectivity index (χ3n) is 9.20. The third-order valence-corrected chi connectivity index (χ3v) is 9.45. The number of ether oxygens (including phenoxy) is 1. The molecule has 1 aromatic rings. The Hall–Kier alpha value is -1.83. The van der Waals surface area contributed by atoms with E-state index in [4.69, 9.17) is 16.3 Å². The van der Waals surface area contributed by atoms with Crippen molar-refractivity contribution in [2.75, 3.05) is 34.3 Å². The average molecular weight is 561 g/mol. The zero-order chi connectivity index (χ0) is 27.9. The second kappa shape index (κ2) is 14.2. The van der Waals surface area contributed by atoms with Gasteiger partial charge in [0, 0.05) is 57.4 Å². The first kappa shape index (κ1) is 30.1. The zero-order valence-electron chi connectivity index (χ0n) is 24.4. The summed E-state index contributed by atoms with van der Waals surface area (Å²) in [5.74, 6) is 0.397. The SMILES string of the molecule is COC1CCC(N[C@@H](Cc2ccc(Cl)cc2)C(=O)N2CCC(N(C(=O)N(C)C)C3CCCCC3)C(C)C2)CC1. The molecule has 0 radical (unpaired) electrons. The summed E-state index contributed by atoms with van der Waals surface area (Å²) in [5.41, 5.74) is 1.11. The van der Waals surface area contributed by atoms with Gasteiger partial charge in [-0.2, -0.15) is 0 Å². The molecule has 3 fully saturated rings. The maximum Gasteiger partial charge on any atom is 0.319 e. The molecule has 0 bridgehead atoms. The molecule has 218 valence electrons. The van der Waals surface area contributed by atoms with Gasteiger partial charge in [-0.15, -0.1) is 0 Å². The molecule has 2 aliphatic carbocycles. The van der Waals surface area contributed by atoms with Crippen LogP contribution in [0.15, 0.2) is 24.3 Å². The molecule has 3 atom stereocenters. The number of benzene rings is 1. The lowest BCUT2D eigenvalue weighted by Crippen LogP contribution is -2.60. The largest absolute Gasteiger partial charge is 0.381 e. The fourth-order valence-electron chi connectivity index (χ4n) is 6.95. The Kier molecular flexibility index (Phi) is 11.0. The van der Waals surface area contributed by atoms with Gasteiger partial charge in [0.15, 0.2) is 0 Å². The van der Waals surface area contributed by atoms with Crippen molar-refractivity contribution in [2.24, 2.45) is 5.92 Å². The number of piperidine rings is 1. The van der Waals surface area contributed by atoms with E-state index in [1.54, 1.807) is 12.0 Å². The zero-order valence-corrected chi connectivity index (χ0v) is 25.2. The molecule has 2 saturated carbocycles. The first-order valence-electron chi connectivity index (χ1n) is 15.1. The van der Waals surface area contributed by atoms with Crippen LogP contribution in [0.1, 0.15) is 76.7 Å². The lowest BCUT2D eigenvalue weighted by molar-refractivity contribution is -0.136. The molecular formula is C31H49ClN4O3. The fourth-order valence-corrected chi connectivity index (χ4v) is 7.08. The molecule has 1 N–H and O–H groups in total. The summed E-state index contributed by atoms with van der Waals surface area (Å²) >= 11 is 6.13. The van der Waals surface area contributed by atoms with Gasteiger partial charge in [0.2, 0.25) is 5.91 Å². The van der Waals surface area contributed by atoms with Crippen molar-refractivity contribution < 1.29 is 14.3 Å². The Bertz CT molecular complexity index is 928. The molecule has 2 unspecified atom stereocenters. The van der Waals surface area contributed by atoms with Crippen LogP contribution in [0.4, 0.5) is 4.79 Å². The summed E-state index contributed by atoms with van der Waals surface area (Å²) in [6.45, 7) is 3.59. The number of urea groups is 1. The number of amides is 3. The number of hydrogen-bond donors (Lipinski definition) is 1. The molecule has 0 spiro atoms. The van der Waals surface area contributed by atoms with Gasteiger partial charge in [-0.1, -0.05) is 49.9 Å². The van der Waals surface area contributed by atoms with Crippen LogP contribution < -0.4 is 5.32 Å². The Balaban J connectivity index is 1.45. The predicted octanol–water partition coefficient (Wildman–Crippen LogP) is 5.35. The minimum Gasteiger partial charge on any atom is -0.381 e. The van der Waals surface area contributed by atoms with E-state index in [-0.39, 0.29) is 29.9 Å². The van der Waals surface area contributed by atoms with Crippen molar-refractivity contribution in [2.45, 2.75) is 108 Å². The van der Waals surface area contributed by atoms with Gasteiger partial charge in [-0.05, 0) is 75.0 Å². The lowest BCUT2D eigenvalue weighted by atomic mass is 9.87. The van der Waals surface area contributed by atoms with Crippen LogP contribution in [-0.2, 0) is 16.0 Å². The van der Waals surface area contributed by atoms with Crippen molar-refractivity contribution in [1.82, 2.24) is 20.0 Å². The first-order valence-corrected chi connectivity index (χ1v) is 15.5. The van der Waals surface area contributed by atoms with Gasteiger partial charge >= 0.3 is 6.03 Å². The number of nitrogens with zero attached hydrogens (tertiary/aromatic N) is 3. The molecular weight excluding hydrogens is 512 g/mol. The van der Waals surface area contributed by atoms with Gasteiger partial charge in [0.25, 0.3) is 0 Å². The summed E-state index contributed by atoms with van der Waals surface area (Å²) in [6.07, 6.45) is 11.7. The average Bonchev–Trinajstić information content (AvgIpc) is 2.95. The van der Waals surface area contributed by atoms with Crippen molar-refractivity contribution in [3.8, 4) is 0 Å². The molecule has 1 heterocycles. The van der Waals surface area contributed by atoms with E-state index in [0.717, 1.165) is 50.5 Å². The Morgan fingerprint density at radius 2 is 1.69 bits per heavy atom. The van der Waals surface area contributed by atoms with E-state index >= 15 is 0 Å². The van der Waals surface area contributed by atoms with E-state index in [1.807, 2.05) is 38.4 Å². The standard InChI is InChI=1S/C31H49ClN4O3/c1-22-21-35(19-18-29(22)36(31(38)34(2)3)26-8-6-5-7-9-26)30(37)28(20-23-10-12-24(32)13-11-23)33-25-14-16-27(39-4)17-15-25/h10-13,22,25-29,33H,5-9,14-21H2,1-4H3/t22?,25?,27?,28-,29?/m0/s1. The maximum atomic E-state index is 14.1. The van der Waals surface area contributed by atoms with Crippen LogP contribution in [0.5, 0.6) is 0 Å². The Labute approximate surface area is 240 Å². The summed E-state index contributed by atoms with van der Waals surface area (Å²) in [6, 6.07) is 8.47. The van der Waals surface area contributed by atoms with E-state index in [1.165, 1.54) is 19.3 Å². The number of carbonyl (C=O) groups is 2. The second-order valence-corrected chi connectivity index (χ2v) is 12.7. The summed E-state index contributed by atoms with van der Waals surface area (Å²) in [7, 11) is 5.50. The smallest absolute Gasteiger partial charge is 0.319 e. The normalized spacial score (nSPS) is 27.2. The highest BCUT2D eigenvalue weighted by Gasteiger charge is 2.40. The van der Waals surface area contributed by atoms with Crippen LogP contribution in [0.3, 0.4) is 0 Å². The number of carbonyl (C=O) groups excluding carboxylic acids is 2. The van der Waals surface area contributed by atoms with Crippen molar-refractivity contribution in [3.05, 3.63) is 34.9 Å². The molecule has 4 rings (SSSR count). The molecule has 39 heavy (non-hydrogen) atoms. The lowest BCUT2D eigenvalue weighted by Gasteiger charge is -2.48. The van der Waals surface area contributed by atoms with Crippen LogP contribution in [0.2, 0.25) is 5.02 Å².